The van der Waals surface area contributed by atoms with Crippen LogP contribution in [-0.4, -0.2) is 30.3 Å². The lowest BCUT2D eigenvalue weighted by Crippen LogP contribution is -2.17. The Morgan fingerprint density at radius 1 is 1.64 bits per heavy atom. The zero-order valence-electron chi connectivity index (χ0n) is 7.62. The molecule has 0 aromatic carbocycles. The van der Waals surface area contributed by atoms with Gasteiger partial charge in [0.05, 0.1) is 6.61 Å². The average molecular weight is 177 g/mol. The predicted molar refractivity (Wildman–Crippen MR) is 44.6 cm³/mol. The van der Waals surface area contributed by atoms with Crippen LogP contribution in [0.1, 0.15) is 14.7 Å². The van der Waals surface area contributed by atoms with Gasteiger partial charge in [-0.05, 0) is 13.2 Å². The molecule has 0 aromatic rings. The van der Waals surface area contributed by atoms with E-state index in [0.29, 0.717) is 0 Å². The standard InChI is InChI=1S/C7H12O3S/c1-3-10-7(9)6(8)4-5-11-2/h3-5H2,1-2H3/i5D. The molecule has 3 nitrogen and oxygen atoms in total. The van der Waals surface area contributed by atoms with Crippen LogP contribution in [0.25, 0.3) is 0 Å². The molecule has 64 valence electrons. The Morgan fingerprint density at radius 3 is 2.73 bits per heavy atom. The summed E-state index contributed by atoms with van der Waals surface area (Å²) >= 11 is 1.23. The summed E-state index contributed by atoms with van der Waals surface area (Å²) < 4.78 is 11.7. The summed E-state index contributed by atoms with van der Waals surface area (Å²) in [7, 11) is 0. The normalized spacial score (nSPS) is 13.5. The SMILES string of the molecule is [2H]C(CC(=O)C(=O)OCC)SC. The second-order valence-electron chi connectivity index (χ2n) is 1.75. The molecule has 0 fully saturated rings. The molecule has 0 aliphatic rings. The van der Waals surface area contributed by atoms with Gasteiger partial charge < -0.3 is 4.74 Å². The molecule has 0 aromatic heterocycles. The van der Waals surface area contributed by atoms with Crippen molar-refractivity contribution in [1.29, 1.82) is 0 Å². The summed E-state index contributed by atoms with van der Waals surface area (Å²) in [6.07, 6.45) is 1.65. The Morgan fingerprint density at radius 2 is 2.27 bits per heavy atom. The molecule has 0 heterocycles. The first-order valence-corrected chi connectivity index (χ1v) is 4.55. The molecule has 0 spiro atoms. The zero-order valence-corrected chi connectivity index (χ0v) is 7.44. The Hall–Kier alpha value is -0.510. The number of Topliss-reactive ketones (excluding diaryl/α,β-unsaturated/α-hetero) is 1. The minimum absolute atomic E-state index is 0.0694. The number of rotatable bonds is 5. The molecule has 0 aliphatic heterocycles. The van der Waals surface area contributed by atoms with Crippen LogP contribution in [0, 0.1) is 0 Å². The van der Waals surface area contributed by atoms with Gasteiger partial charge in [0.1, 0.15) is 0 Å². The number of hydrogen-bond acceptors (Lipinski definition) is 4. The van der Waals surface area contributed by atoms with E-state index in [9.17, 15) is 9.59 Å². The first-order valence-electron chi connectivity index (χ1n) is 3.84. The number of carbonyl (C=O) groups excluding carboxylic acids is 2. The molecule has 0 N–H and O–H groups in total. The third kappa shape index (κ3) is 4.84. The average Bonchev–Trinajstić information content (AvgIpc) is 2.04. The van der Waals surface area contributed by atoms with E-state index < -0.39 is 17.5 Å². The lowest BCUT2D eigenvalue weighted by atomic mass is 10.3. The van der Waals surface area contributed by atoms with Crippen LogP contribution >= 0.6 is 11.8 Å². The van der Waals surface area contributed by atoms with E-state index in [0.717, 1.165) is 0 Å². The van der Waals surface area contributed by atoms with E-state index in [1.807, 2.05) is 0 Å². The fraction of sp³-hybridized carbons (Fsp3) is 0.714. The molecular weight excluding hydrogens is 164 g/mol. The van der Waals surface area contributed by atoms with Gasteiger partial charge in [-0.3, -0.25) is 4.79 Å². The van der Waals surface area contributed by atoms with Crippen molar-refractivity contribution < 1.29 is 15.7 Å². The third-order valence-corrected chi connectivity index (χ3v) is 1.44. The van der Waals surface area contributed by atoms with E-state index in [2.05, 4.69) is 4.74 Å². The van der Waals surface area contributed by atoms with Crippen LogP contribution in [0.2, 0.25) is 0 Å². The fourth-order valence-electron chi connectivity index (χ4n) is 0.454. The van der Waals surface area contributed by atoms with Crippen LogP contribution in [-0.2, 0) is 14.3 Å². The van der Waals surface area contributed by atoms with Gasteiger partial charge in [-0.1, -0.05) is 0 Å². The lowest BCUT2D eigenvalue weighted by Gasteiger charge is -1.98. The largest absolute Gasteiger partial charge is 0.460 e. The van der Waals surface area contributed by atoms with Crippen molar-refractivity contribution in [1.82, 2.24) is 0 Å². The van der Waals surface area contributed by atoms with Gasteiger partial charge in [0.2, 0.25) is 5.78 Å². The van der Waals surface area contributed by atoms with E-state index in [4.69, 9.17) is 1.37 Å². The highest BCUT2D eigenvalue weighted by Gasteiger charge is 2.12. The Bertz CT molecular complexity index is 172. The Balaban J connectivity index is 3.79. The maximum Gasteiger partial charge on any atom is 0.374 e. The van der Waals surface area contributed by atoms with Crippen LogP contribution in [0.4, 0.5) is 0 Å². The summed E-state index contributed by atoms with van der Waals surface area (Å²) in [5, 5.41) is 0. The van der Waals surface area contributed by atoms with Gasteiger partial charge >= 0.3 is 5.97 Å². The number of ketones is 1. The molecule has 0 bridgehead atoms. The summed E-state index contributed by atoms with van der Waals surface area (Å²) in [6.45, 7) is 1.84. The summed E-state index contributed by atoms with van der Waals surface area (Å²) in [5.41, 5.74) is -0.568. The first-order chi connectivity index (χ1) is 5.61. The third-order valence-electron chi connectivity index (χ3n) is 0.938. The van der Waals surface area contributed by atoms with Gasteiger partial charge in [-0.15, -0.1) is 0 Å². The van der Waals surface area contributed by atoms with Crippen molar-refractivity contribution >= 4 is 23.5 Å². The number of esters is 1. The van der Waals surface area contributed by atoms with Crippen molar-refractivity contribution in [3.8, 4) is 0 Å². The molecule has 0 saturated heterocycles. The molecule has 11 heavy (non-hydrogen) atoms. The smallest absolute Gasteiger partial charge is 0.374 e. The Labute approximate surface area is 71.9 Å². The van der Waals surface area contributed by atoms with Crippen molar-refractivity contribution in [3.05, 3.63) is 0 Å². The van der Waals surface area contributed by atoms with Crippen molar-refractivity contribution in [2.75, 3.05) is 18.6 Å². The van der Waals surface area contributed by atoms with E-state index in [1.54, 1.807) is 13.2 Å². The molecule has 0 rings (SSSR count). The molecule has 1 atom stereocenters. The lowest BCUT2D eigenvalue weighted by molar-refractivity contribution is -0.153. The highest BCUT2D eigenvalue weighted by atomic mass is 32.2. The van der Waals surface area contributed by atoms with E-state index in [1.165, 1.54) is 11.8 Å². The van der Waals surface area contributed by atoms with Gasteiger partial charge in [0, 0.05) is 13.5 Å². The molecule has 4 heteroatoms. The molecular formula is C7H12O3S. The maximum atomic E-state index is 10.9. The summed E-state index contributed by atoms with van der Waals surface area (Å²) in [4.78, 5) is 21.6. The topological polar surface area (TPSA) is 43.4 Å². The van der Waals surface area contributed by atoms with Gasteiger partial charge in [-0.25, -0.2) is 4.79 Å². The summed E-state index contributed by atoms with van der Waals surface area (Å²) in [6, 6.07) is 0. The van der Waals surface area contributed by atoms with Crippen molar-refractivity contribution in [2.24, 2.45) is 0 Å². The quantitative estimate of drug-likeness (QED) is 0.461. The van der Waals surface area contributed by atoms with Crippen LogP contribution < -0.4 is 0 Å². The minimum atomic E-state index is -0.830. The van der Waals surface area contributed by atoms with E-state index >= 15 is 0 Å². The monoisotopic (exact) mass is 177 g/mol. The highest BCUT2D eigenvalue weighted by Crippen LogP contribution is 1.97. The van der Waals surface area contributed by atoms with Crippen molar-refractivity contribution in [3.63, 3.8) is 0 Å². The van der Waals surface area contributed by atoms with E-state index in [-0.39, 0.29) is 13.0 Å². The Kier molecular flexibility index (Phi) is 4.85. The molecule has 0 saturated carbocycles. The van der Waals surface area contributed by atoms with Crippen LogP contribution in [0.15, 0.2) is 0 Å². The predicted octanol–water partition coefficient (Wildman–Crippen LogP) is 0.872. The van der Waals surface area contributed by atoms with Gasteiger partial charge in [0.25, 0.3) is 0 Å². The number of ether oxygens (including phenoxy) is 1. The molecule has 0 radical (unpaired) electrons. The fourth-order valence-corrected chi connectivity index (χ4v) is 0.772. The number of hydrogen-bond donors (Lipinski definition) is 0. The second kappa shape index (κ2) is 6.22. The highest BCUT2D eigenvalue weighted by molar-refractivity contribution is 7.98. The van der Waals surface area contributed by atoms with Crippen molar-refractivity contribution in [2.45, 2.75) is 13.3 Å². The van der Waals surface area contributed by atoms with Crippen LogP contribution in [0.5, 0.6) is 0 Å². The molecule has 1 unspecified atom stereocenters. The number of carbonyl (C=O) groups is 2. The van der Waals surface area contributed by atoms with Gasteiger partial charge in [-0.2, -0.15) is 11.8 Å². The van der Waals surface area contributed by atoms with Crippen LogP contribution in [0.3, 0.4) is 0 Å². The van der Waals surface area contributed by atoms with Gasteiger partial charge in [0.15, 0.2) is 0 Å². The maximum absolute atomic E-state index is 10.9. The molecule has 0 aliphatic carbocycles. The first kappa shape index (κ1) is 8.59. The minimum Gasteiger partial charge on any atom is -0.460 e. The summed E-state index contributed by atoms with van der Waals surface area (Å²) in [5.74, 6) is -1.45. The molecule has 0 amide bonds. The number of thioether (sulfide) groups is 1. The second-order valence-corrected chi connectivity index (χ2v) is 2.55. The zero-order chi connectivity index (χ0) is 9.56.